The molecule has 5 rings (SSSR count). The standard InChI is InChI=1S/C20H20FN5O2S/c1-13-22-20-26(23-13)19(27)18(29-20)17(16-3-2-12-28-16)25-10-8-24(9-11-25)15-6-4-14(21)5-7-15/h2-7,12,17,27H,8-11H2,1H3/p+1/t17-/m1/s1. The molecule has 7 nitrogen and oxygen atoms in total. The number of thiazole rings is 1. The minimum atomic E-state index is -0.224. The van der Waals surface area contributed by atoms with E-state index in [-0.39, 0.29) is 17.7 Å². The first kappa shape index (κ1) is 18.1. The highest BCUT2D eigenvalue weighted by Gasteiger charge is 2.36. The van der Waals surface area contributed by atoms with Crippen LogP contribution in [0.15, 0.2) is 47.1 Å². The van der Waals surface area contributed by atoms with Crippen molar-refractivity contribution in [1.82, 2.24) is 14.6 Å². The first-order chi connectivity index (χ1) is 14.1. The van der Waals surface area contributed by atoms with Gasteiger partial charge in [-0.15, -0.1) is 5.10 Å². The SMILES string of the molecule is Cc1nc2sc([C@@H](c3ccco3)[NH+]3CCN(c4ccc(F)cc4)CC3)c(O)n2n1. The molecular formula is C20H21FN5O2S+. The van der Waals surface area contributed by atoms with Crippen molar-refractivity contribution in [2.45, 2.75) is 13.0 Å². The number of nitrogens with one attached hydrogen (secondary N) is 1. The average Bonchev–Trinajstić information content (AvgIpc) is 3.43. The zero-order valence-corrected chi connectivity index (χ0v) is 16.7. The topological polar surface area (TPSA) is 71.2 Å². The molecule has 2 N–H and O–H groups in total. The lowest BCUT2D eigenvalue weighted by Gasteiger charge is -2.36. The minimum absolute atomic E-state index is 0.125. The zero-order chi connectivity index (χ0) is 20.0. The summed E-state index contributed by atoms with van der Waals surface area (Å²) >= 11 is 1.45. The number of piperazine rings is 1. The van der Waals surface area contributed by atoms with E-state index in [2.05, 4.69) is 15.0 Å². The summed E-state index contributed by atoms with van der Waals surface area (Å²) in [6, 6.07) is 10.3. The summed E-state index contributed by atoms with van der Waals surface area (Å²) in [5, 5.41) is 15.1. The second-order valence-electron chi connectivity index (χ2n) is 7.21. The van der Waals surface area contributed by atoms with Crippen molar-refractivity contribution in [3.63, 3.8) is 0 Å². The van der Waals surface area contributed by atoms with Crippen molar-refractivity contribution in [3.05, 3.63) is 64.9 Å². The Hall–Kier alpha value is -2.91. The first-order valence-corrected chi connectivity index (χ1v) is 10.4. The number of anilines is 1. The molecule has 1 saturated heterocycles. The molecule has 4 heterocycles. The second kappa shape index (κ2) is 7.16. The minimum Gasteiger partial charge on any atom is -0.492 e. The van der Waals surface area contributed by atoms with E-state index in [9.17, 15) is 9.50 Å². The molecule has 9 heteroatoms. The molecule has 1 aliphatic heterocycles. The third-order valence-electron chi connectivity index (χ3n) is 5.40. The van der Waals surface area contributed by atoms with Gasteiger partial charge in [0.2, 0.25) is 10.8 Å². The Labute approximate surface area is 170 Å². The smallest absolute Gasteiger partial charge is 0.235 e. The van der Waals surface area contributed by atoms with Gasteiger partial charge in [-0.1, -0.05) is 11.3 Å². The van der Waals surface area contributed by atoms with Gasteiger partial charge in [-0.3, -0.25) is 0 Å². The van der Waals surface area contributed by atoms with Crippen molar-refractivity contribution < 1.29 is 18.8 Å². The van der Waals surface area contributed by atoms with Gasteiger partial charge in [-0.05, 0) is 43.3 Å². The van der Waals surface area contributed by atoms with Crippen LogP contribution in [0.25, 0.3) is 4.96 Å². The molecule has 3 aromatic heterocycles. The number of benzene rings is 1. The highest BCUT2D eigenvalue weighted by atomic mass is 32.1. The van der Waals surface area contributed by atoms with Gasteiger partial charge in [0.05, 0.1) is 32.4 Å². The van der Waals surface area contributed by atoms with Crippen LogP contribution in [0.3, 0.4) is 0 Å². The number of aryl methyl sites for hydroxylation is 1. The molecule has 1 atom stereocenters. The predicted octanol–water partition coefficient (Wildman–Crippen LogP) is 2.03. The van der Waals surface area contributed by atoms with Crippen LogP contribution in [0.2, 0.25) is 0 Å². The molecule has 0 unspecified atom stereocenters. The van der Waals surface area contributed by atoms with Crippen molar-refractivity contribution >= 4 is 22.0 Å². The van der Waals surface area contributed by atoms with Gasteiger partial charge >= 0.3 is 0 Å². The fraction of sp³-hybridized carbons (Fsp3) is 0.300. The number of rotatable bonds is 4. The fourth-order valence-electron chi connectivity index (χ4n) is 4.00. The van der Waals surface area contributed by atoms with Gasteiger partial charge in [0.15, 0.2) is 11.8 Å². The fourth-order valence-corrected chi connectivity index (χ4v) is 5.17. The lowest BCUT2D eigenvalue weighted by atomic mass is 10.1. The van der Waals surface area contributed by atoms with E-state index in [0.29, 0.717) is 10.8 Å². The molecule has 29 heavy (non-hydrogen) atoms. The largest absolute Gasteiger partial charge is 0.492 e. The quantitative estimate of drug-likeness (QED) is 0.535. The molecule has 1 fully saturated rings. The number of aromatic hydroxyl groups is 1. The molecule has 0 aliphatic carbocycles. The third-order valence-corrected chi connectivity index (χ3v) is 6.49. The number of fused-ring (bicyclic) bond motifs is 1. The number of hydrogen-bond donors (Lipinski definition) is 2. The Bertz CT molecular complexity index is 1110. The number of hydrogen-bond acceptors (Lipinski definition) is 6. The summed E-state index contributed by atoms with van der Waals surface area (Å²) in [5.74, 6) is 1.35. The Balaban J connectivity index is 1.43. The second-order valence-corrected chi connectivity index (χ2v) is 8.22. The molecular weight excluding hydrogens is 393 g/mol. The predicted molar refractivity (Wildman–Crippen MR) is 107 cm³/mol. The summed E-state index contributed by atoms with van der Waals surface area (Å²) in [6.45, 7) is 5.18. The highest BCUT2D eigenvalue weighted by Crippen LogP contribution is 2.35. The van der Waals surface area contributed by atoms with E-state index in [1.807, 2.05) is 31.2 Å². The van der Waals surface area contributed by atoms with E-state index in [4.69, 9.17) is 4.42 Å². The molecule has 0 spiro atoms. The highest BCUT2D eigenvalue weighted by molar-refractivity contribution is 7.17. The first-order valence-electron chi connectivity index (χ1n) is 9.53. The number of halogens is 1. The van der Waals surface area contributed by atoms with Gasteiger partial charge in [0, 0.05) is 5.69 Å². The maximum absolute atomic E-state index is 13.2. The van der Waals surface area contributed by atoms with Gasteiger partial charge in [-0.25, -0.2) is 9.37 Å². The lowest BCUT2D eigenvalue weighted by molar-refractivity contribution is -0.926. The molecule has 0 bridgehead atoms. The molecule has 0 radical (unpaired) electrons. The van der Waals surface area contributed by atoms with Crippen molar-refractivity contribution in [1.29, 1.82) is 0 Å². The van der Waals surface area contributed by atoms with E-state index < -0.39 is 0 Å². The monoisotopic (exact) mass is 414 g/mol. The zero-order valence-electron chi connectivity index (χ0n) is 15.9. The van der Waals surface area contributed by atoms with Gasteiger partial charge in [0.25, 0.3) is 0 Å². The number of quaternary nitrogens is 1. The van der Waals surface area contributed by atoms with Crippen LogP contribution in [-0.2, 0) is 0 Å². The van der Waals surface area contributed by atoms with Crippen LogP contribution < -0.4 is 9.80 Å². The summed E-state index contributed by atoms with van der Waals surface area (Å²) in [5.41, 5.74) is 1.03. The van der Waals surface area contributed by atoms with E-state index in [1.54, 1.807) is 6.26 Å². The molecule has 0 saturated carbocycles. The maximum Gasteiger partial charge on any atom is 0.235 e. The molecule has 0 amide bonds. The van der Waals surface area contributed by atoms with Crippen LogP contribution in [-0.4, -0.2) is 45.9 Å². The van der Waals surface area contributed by atoms with Crippen molar-refractivity contribution in [2.24, 2.45) is 0 Å². The Morgan fingerprint density at radius 3 is 2.62 bits per heavy atom. The molecule has 1 aliphatic rings. The van der Waals surface area contributed by atoms with Gasteiger partial charge < -0.3 is 19.3 Å². The van der Waals surface area contributed by atoms with Crippen LogP contribution in [0.1, 0.15) is 22.5 Å². The van der Waals surface area contributed by atoms with E-state index in [1.165, 1.54) is 32.9 Å². The van der Waals surface area contributed by atoms with E-state index in [0.717, 1.165) is 42.5 Å². The number of furan rings is 1. The summed E-state index contributed by atoms with van der Waals surface area (Å²) in [6.07, 6.45) is 1.66. The third kappa shape index (κ3) is 3.26. The van der Waals surface area contributed by atoms with Gasteiger partial charge in [-0.2, -0.15) is 4.52 Å². The van der Waals surface area contributed by atoms with Gasteiger partial charge in [0.1, 0.15) is 16.5 Å². The number of aromatic nitrogens is 3. The normalized spacial score (nSPS) is 16.6. The van der Waals surface area contributed by atoms with Crippen molar-refractivity contribution in [2.75, 3.05) is 31.1 Å². The molecule has 4 aromatic rings. The average molecular weight is 414 g/mol. The lowest BCUT2D eigenvalue weighted by Crippen LogP contribution is -3.15. The summed E-state index contributed by atoms with van der Waals surface area (Å²) in [4.78, 5) is 9.44. The molecule has 150 valence electrons. The Morgan fingerprint density at radius 2 is 1.97 bits per heavy atom. The molecule has 1 aromatic carbocycles. The summed E-state index contributed by atoms with van der Waals surface area (Å²) in [7, 11) is 0. The van der Waals surface area contributed by atoms with E-state index >= 15 is 0 Å². The van der Waals surface area contributed by atoms with Crippen LogP contribution in [0.4, 0.5) is 10.1 Å². The Morgan fingerprint density at radius 1 is 1.21 bits per heavy atom. The Kier molecular flexibility index (Phi) is 4.48. The van der Waals surface area contributed by atoms with Crippen LogP contribution in [0.5, 0.6) is 5.88 Å². The maximum atomic E-state index is 13.2. The van der Waals surface area contributed by atoms with Crippen LogP contribution in [0, 0.1) is 12.7 Å². The van der Waals surface area contributed by atoms with Crippen molar-refractivity contribution in [3.8, 4) is 5.88 Å². The van der Waals surface area contributed by atoms with Crippen LogP contribution >= 0.6 is 11.3 Å². The number of nitrogens with zero attached hydrogens (tertiary/aromatic N) is 4. The summed E-state index contributed by atoms with van der Waals surface area (Å²) < 4.78 is 20.5.